The average Bonchev–Trinajstić information content (AvgIpc) is 3.10. The predicted molar refractivity (Wildman–Crippen MR) is 114 cm³/mol. The lowest BCUT2D eigenvalue weighted by Crippen LogP contribution is -2.20. The van der Waals surface area contributed by atoms with Crippen LogP contribution in [0.2, 0.25) is 0 Å². The van der Waals surface area contributed by atoms with Gasteiger partial charge in [-0.05, 0) is 25.0 Å². The third kappa shape index (κ3) is 5.59. The second-order valence-electron chi connectivity index (χ2n) is 6.34. The summed E-state index contributed by atoms with van der Waals surface area (Å²) in [5.41, 5.74) is 1.35. The third-order valence-corrected chi connectivity index (χ3v) is 4.38. The lowest BCUT2D eigenvalue weighted by atomic mass is 10.2. The molecule has 0 amide bonds. The van der Waals surface area contributed by atoms with Crippen molar-refractivity contribution in [2.45, 2.75) is 39.7 Å². The molecule has 0 bridgehead atoms. The lowest BCUT2D eigenvalue weighted by Gasteiger charge is -2.15. The number of hydrogen-bond donors (Lipinski definition) is 0. The van der Waals surface area contributed by atoms with Crippen molar-refractivity contribution >= 4 is 23.0 Å². The van der Waals surface area contributed by atoms with Gasteiger partial charge in [0.1, 0.15) is 6.61 Å². The van der Waals surface area contributed by atoms with Crippen LogP contribution in [0.3, 0.4) is 0 Å². The highest BCUT2D eigenvalue weighted by Gasteiger charge is 2.14. The molecule has 0 aliphatic heterocycles. The molecule has 0 unspecified atom stereocenters. The topological polar surface area (TPSA) is 57.8 Å². The Morgan fingerprint density at radius 2 is 2.11 bits per heavy atom. The fourth-order valence-electron chi connectivity index (χ4n) is 2.80. The molecule has 152 valence electrons. The molecular formula is C21H28ClN3O3. The number of rotatable bonds is 11. The summed E-state index contributed by atoms with van der Waals surface area (Å²) in [7, 11) is 1.61. The zero-order chi connectivity index (χ0) is 20.5. The number of fused-ring (bicyclic) bond motifs is 1. The average molecular weight is 406 g/mol. The van der Waals surface area contributed by atoms with E-state index in [1.807, 2.05) is 23.6 Å². The SMILES string of the molecule is C=C(Cl)/C=C\C(=C/C)c1cn2c(=O)cc(OCCOC)n(CCCCC)c2n1. The van der Waals surface area contributed by atoms with Crippen molar-refractivity contribution in [1.29, 1.82) is 0 Å². The summed E-state index contributed by atoms with van der Waals surface area (Å²) >= 11 is 5.83. The second-order valence-corrected chi connectivity index (χ2v) is 6.83. The van der Waals surface area contributed by atoms with Gasteiger partial charge >= 0.3 is 0 Å². The van der Waals surface area contributed by atoms with E-state index in [-0.39, 0.29) is 5.56 Å². The second kappa shape index (κ2) is 10.9. The molecule has 2 aromatic rings. The fraction of sp³-hybridized carbons (Fsp3) is 0.429. The Balaban J connectivity index is 2.52. The number of aryl methyl sites for hydroxylation is 1. The first-order chi connectivity index (χ1) is 13.5. The van der Waals surface area contributed by atoms with Crippen LogP contribution < -0.4 is 10.3 Å². The number of methoxy groups -OCH3 is 1. The van der Waals surface area contributed by atoms with Crippen molar-refractivity contribution in [2.75, 3.05) is 20.3 Å². The maximum atomic E-state index is 12.6. The summed E-state index contributed by atoms with van der Waals surface area (Å²) in [4.78, 5) is 17.3. The summed E-state index contributed by atoms with van der Waals surface area (Å²) in [6.07, 6.45) is 10.4. The van der Waals surface area contributed by atoms with Gasteiger partial charge in [0.15, 0.2) is 0 Å². The van der Waals surface area contributed by atoms with Crippen LogP contribution in [0.5, 0.6) is 5.88 Å². The van der Waals surface area contributed by atoms with E-state index in [4.69, 9.17) is 26.1 Å². The highest BCUT2D eigenvalue weighted by Crippen LogP contribution is 2.20. The molecule has 28 heavy (non-hydrogen) atoms. The van der Waals surface area contributed by atoms with Crippen LogP contribution >= 0.6 is 11.6 Å². The number of imidazole rings is 1. The molecule has 0 N–H and O–H groups in total. The van der Waals surface area contributed by atoms with Gasteiger partial charge in [0.2, 0.25) is 11.7 Å². The largest absolute Gasteiger partial charge is 0.476 e. The normalized spacial score (nSPS) is 12.2. The van der Waals surface area contributed by atoms with E-state index in [1.54, 1.807) is 23.8 Å². The summed E-state index contributed by atoms with van der Waals surface area (Å²) in [6.45, 7) is 9.26. The molecule has 0 atom stereocenters. The highest BCUT2D eigenvalue weighted by molar-refractivity contribution is 6.30. The van der Waals surface area contributed by atoms with Crippen LogP contribution in [0.1, 0.15) is 38.8 Å². The van der Waals surface area contributed by atoms with E-state index < -0.39 is 0 Å². The first-order valence-corrected chi connectivity index (χ1v) is 9.83. The minimum Gasteiger partial charge on any atom is -0.476 e. The number of unbranched alkanes of at least 4 members (excludes halogenated alkanes) is 2. The van der Waals surface area contributed by atoms with Gasteiger partial charge in [-0.2, -0.15) is 0 Å². The maximum absolute atomic E-state index is 12.6. The van der Waals surface area contributed by atoms with Crippen molar-refractivity contribution in [3.8, 4) is 5.88 Å². The predicted octanol–water partition coefficient (Wildman–Crippen LogP) is 4.42. The standard InChI is InChI=1S/C21H28ClN3O3/c1-5-7-8-11-24-20(28-13-12-27-4)14-19(26)25-15-18(23-21(24)25)17(6-2)10-9-16(3)22/h6,9-10,14-15H,3,5,7-8,11-13H2,1-2,4H3/b10-9-,17-6+. The van der Waals surface area contributed by atoms with Gasteiger partial charge < -0.3 is 9.47 Å². The van der Waals surface area contributed by atoms with Crippen LogP contribution in [0.25, 0.3) is 11.4 Å². The van der Waals surface area contributed by atoms with Gasteiger partial charge in [-0.15, -0.1) is 0 Å². The molecule has 6 nitrogen and oxygen atoms in total. The smallest absolute Gasteiger partial charge is 0.262 e. The monoisotopic (exact) mass is 405 g/mol. The molecule has 0 spiro atoms. The summed E-state index contributed by atoms with van der Waals surface area (Å²) in [6, 6.07) is 1.51. The quantitative estimate of drug-likeness (QED) is 0.410. The van der Waals surface area contributed by atoms with Crippen molar-refractivity contribution in [3.05, 3.63) is 58.2 Å². The van der Waals surface area contributed by atoms with E-state index in [1.165, 1.54) is 6.07 Å². The molecule has 2 heterocycles. The van der Waals surface area contributed by atoms with Crippen LogP contribution in [-0.2, 0) is 11.3 Å². The summed E-state index contributed by atoms with van der Waals surface area (Å²) < 4.78 is 14.4. The van der Waals surface area contributed by atoms with E-state index in [9.17, 15) is 4.79 Å². The molecule has 0 radical (unpaired) electrons. The number of halogens is 1. The van der Waals surface area contributed by atoms with Gasteiger partial charge in [0.25, 0.3) is 5.56 Å². The number of ether oxygens (including phenoxy) is 2. The maximum Gasteiger partial charge on any atom is 0.262 e. The number of hydrogen-bond acceptors (Lipinski definition) is 4. The van der Waals surface area contributed by atoms with Gasteiger partial charge in [-0.25, -0.2) is 4.98 Å². The molecule has 2 aromatic heterocycles. The van der Waals surface area contributed by atoms with Crippen LogP contribution in [0.4, 0.5) is 0 Å². The Labute approximate surface area is 170 Å². The molecule has 0 aliphatic rings. The van der Waals surface area contributed by atoms with Crippen molar-refractivity contribution in [2.24, 2.45) is 0 Å². The van der Waals surface area contributed by atoms with Crippen LogP contribution in [-0.4, -0.2) is 34.3 Å². The minimum absolute atomic E-state index is 0.186. The van der Waals surface area contributed by atoms with E-state index >= 15 is 0 Å². The van der Waals surface area contributed by atoms with Gasteiger partial charge in [-0.1, -0.05) is 50.1 Å². The van der Waals surface area contributed by atoms with Crippen LogP contribution in [0, 0.1) is 0 Å². The fourth-order valence-corrected chi connectivity index (χ4v) is 2.87. The zero-order valence-corrected chi connectivity index (χ0v) is 17.5. The lowest BCUT2D eigenvalue weighted by molar-refractivity contribution is 0.140. The molecule has 0 saturated carbocycles. The molecule has 0 fully saturated rings. The van der Waals surface area contributed by atoms with Crippen LogP contribution in [0.15, 0.2) is 46.9 Å². The summed E-state index contributed by atoms with van der Waals surface area (Å²) in [5, 5.41) is 0.427. The van der Waals surface area contributed by atoms with Gasteiger partial charge in [-0.3, -0.25) is 13.8 Å². The number of aromatic nitrogens is 3. The van der Waals surface area contributed by atoms with E-state index in [2.05, 4.69) is 13.5 Å². The number of nitrogens with zero attached hydrogens (tertiary/aromatic N) is 3. The Kier molecular flexibility index (Phi) is 8.54. The Bertz CT molecular complexity index is 925. The number of allylic oxidation sites excluding steroid dienone is 5. The molecule has 2 rings (SSSR count). The Hall–Kier alpha value is -2.31. The molecule has 0 aromatic carbocycles. The Morgan fingerprint density at radius 3 is 2.75 bits per heavy atom. The zero-order valence-electron chi connectivity index (χ0n) is 16.8. The molecule has 0 aliphatic carbocycles. The van der Waals surface area contributed by atoms with Crippen molar-refractivity contribution < 1.29 is 9.47 Å². The van der Waals surface area contributed by atoms with Crippen molar-refractivity contribution in [3.63, 3.8) is 0 Å². The van der Waals surface area contributed by atoms with E-state index in [0.29, 0.717) is 35.6 Å². The molecule has 0 saturated heterocycles. The highest BCUT2D eigenvalue weighted by atomic mass is 35.5. The molecular weight excluding hydrogens is 378 g/mol. The van der Waals surface area contributed by atoms with Crippen molar-refractivity contribution in [1.82, 2.24) is 14.0 Å². The van der Waals surface area contributed by atoms with Gasteiger partial charge in [0.05, 0.1) is 18.4 Å². The summed E-state index contributed by atoms with van der Waals surface area (Å²) in [5.74, 6) is 1.07. The first kappa shape index (κ1) is 22.0. The molecule has 7 heteroatoms. The Morgan fingerprint density at radius 1 is 1.32 bits per heavy atom. The van der Waals surface area contributed by atoms with E-state index in [0.717, 1.165) is 31.4 Å². The third-order valence-electron chi connectivity index (χ3n) is 4.25. The van der Waals surface area contributed by atoms with Gasteiger partial charge in [0, 0.05) is 24.9 Å². The minimum atomic E-state index is -0.186. The first-order valence-electron chi connectivity index (χ1n) is 9.45.